The van der Waals surface area contributed by atoms with Gasteiger partial charge in [0.25, 0.3) is 5.91 Å². The summed E-state index contributed by atoms with van der Waals surface area (Å²) in [7, 11) is 0. The first-order valence-electron chi connectivity index (χ1n) is 10.6. The third-order valence-electron chi connectivity index (χ3n) is 5.16. The summed E-state index contributed by atoms with van der Waals surface area (Å²) in [5.41, 5.74) is 0.947. The van der Waals surface area contributed by atoms with E-state index in [1.54, 1.807) is 55.6 Å². The topological polar surface area (TPSA) is 106 Å². The van der Waals surface area contributed by atoms with Crippen LogP contribution in [0.4, 0.5) is 5.13 Å². The molecule has 10 heteroatoms. The van der Waals surface area contributed by atoms with Crippen LogP contribution in [0.1, 0.15) is 50.5 Å². The summed E-state index contributed by atoms with van der Waals surface area (Å²) in [5, 5.41) is 12.8. The number of aromatic nitrogens is 1. The molecule has 1 aliphatic rings. The lowest BCUT2D eigenvalue weighted by atomic mass is 9.95. The molecule has 1 atom stereocenters. The van der Waals surface area contributed by atoms with Crippen molar-refractivity contribution in [1.29, 1.82) is 0 Å². The van der Waals surface area contributed by atoms with Crippen molar-refractivity contribution >= 4 is 45.5 Å². The van der Waals surface area contributed by atoms with Crippen molar-refractivity contribution in [1.82, 2.24) is 4.98 Å². The molecule has 0 bridgehead atoms. The van der Waals surface area contributed by atoms with Crippen molar-refractivity contribution in [2.24, 2.45) is 0 Å². The lowest BCUT2D eigenvalue weighted by Crippen LogP contribution is -2.31. The predicted octanol–water partition coefficient (Wildman–Crippen LogP) is 4.87. The highest BCUT2D eigenvalue weighted by Gasteiger charge is 2.46. The Balaban J connectivity index is 1.82. The molecule has 0 saturated carbocycles. The second kappa shape index (κ2) is 9.78. The zero-order valence-electron chi connectivity index (χ0n) is 18.7. The SMILES string of the molecule is CCOC(=O)c1sc(N2C(=O)C(O)=C(C(=O)c3cccs3)[C@@H]2c2ccc(OCC)cc2)nc1C. The van der Waals surface area contributed by atoms with Gasteiger partial charge in [-0.3, -0.25) is 14.5 Å². The molecular weight excluding hydrogens is 476 g/mol. The zero-order chi connectivity index (χ0) is 24.4. The van der Waals surface area contributed by atoms with Gasteiger partial charge in [-0.15, -0.1) is 11.3 Å². The Morgan fingerprint density at radius 3 is 2.50 bits per heavy atom. The molecule has 0 fully saturated rings. The van der Waals surface area contributed by atoms with Gasteiger partial charge < -0.3 is 14.6 Å². The van der Waals surface area contributed by atoms with Gasteiger partial charge in [-0.25, -0.2) is 9.78 Å². The summed E-state index contributed by atoms with van der Waals surface area (Å²) in [5.74, 6) is -1.75. The van der Waals surface area contributed by atoms with Crippen LogP contribution in [0.5, 0.6) is 5.75 Å². The summed E-state index contributed by atoms with van der Waals surface area (Å²) in [6.45, 7) is 5.90. The Morgan fingerprint density at radius 1 is 1.15 bits per heavy atom. The fourth-order valence-electron chi connectivity index (χ4n) is 3.67. The molecule has 0 aliphatic carbocycles. The van der Waals surface area contributed by atoms with E-state index in [9.17, 15) is 19.5 Å². The van der Waals surface area contributed by atoms with E-state index in [0.29, 0.717) is 28.5 Å². The molecule has 8 nitrogen and oxygen atoms in total. The number of hydrogen-bond donors (Lipinski definition) is 1. The monoisotopic (exact) mass is 498 g/mol. The Bertz CT molecular complexity index is 1260. The minimum atomic E-state index is -0.932. The molecule has 1 aromatic carbocycles. The molecule has 1 N–H and O–H groups in total. The first kappa shape index (κ1) is 23.7. The second-order valence-corrected chi connectivity index (χ2v) is 9.21. The van der Waals surface area contributed by atoms with Crippen molar-refractivity contribution in [3.05, 3.63) is 74.1 Å². The number of amides is 1. The highest BCUT2D eigenvalue weighted by atomic mass is 32.1. The number of carbonyl (C=O) groups is 3. The molecule has 176 valence electrons. The van der Waals surface area contributed by atoms with Crippen molar-refractivity contribution in [3.63, 3.8) is 0 Å². The van der Waals surface area contributed by atoms with Gasteiger partial charge >= 0.3 is 5.97 Å². The van der Waals surface area contributed by atoms with E-state index < -0.39 is 29.5 Å². The lowest BCUT2D eigenvalue weighted by Gasteiger charge is -2.24. The number of rotatable bonds is 8. The molecule has 2 aromatic heterocycles. The number of anilines is 1. The maximum atomic E-state index is 13.4. The standard InChI is InChI=1S/C24H22N2O6S2/c1-4-31-15-10-8-14(9-11-15)18-17(19(27)16-7-6-12-33-16)20(28)22(29)26(18)24-25-13(3)21(34-24)23(30)32-5-2/h6-12,18,28H,4-5H2,1-3H3/t18-/m0/s1. The van der Waals surface area contributed by atoms with Gasteiger partial charge in [-0.05, 0) is 49.9 Å². The highest BCUT2D eigenvalue weighted by Crippen LogP contribution is 2.44. The van der Waals surface area contributed by atoms with Crippen LogP contribution in [0.2, 0.25) is 0 Å². The third kappa shape index (κ3) is 4.22. The van der Waals surface area contributed by atoms with Crippen LogP contribution in [-0.2, 0) is 9.53 Å². The summed E-state index contributed by atoms with van der Waals surface area (Å²) >= 11 is 2.20. The minimum absolute atomic E-state index is 0.0397. The molecule has 1 aliphatic heterocycles. The van der Waals surface area contributed by atoms with E-state index >= 15 is 0 Å². The average molecular weight is 499 g/mol. The van der Waals surface area contributed by atoms with Gasteiger partial charge in [0, 0.05) is 0 Å². The van der Waals surface area contributed by atoms with E-state index in [-0.39, 0.29) is 22.2 Å². The van der Waals surface area contributed by atoms with E-state index in [4.69, 9.17) is 9.47 Å². The summed E-state index contributed by atoms with van der Waals surface area (Å²) in [4.78, 5) is 45.3. The first-order valence-corrected chi connectivity index (χ1v) is 12.3. The smallest absolute Gasteiger partial charge is 0.350 e. The van der Waals surface area contributed by atoms with Gasteiger partial charge in [0.2, 0.25) is 5.78 Å². The van der Waals surface area contributed by atoms with Crippen LogP contribution in [0.15, 0.2) is 53.1 Å². The molecule has 1 amide bonds. The number of ketones is 1. The highest BCUT2D eigenvalue weighted by molar-refractivity contribution is 7.17. The molecular formula is C24H22N2O6S2. The summed E-state index contributed by atoms with van der Waals surface area (Å²) in [6, 6.07) is 9.39. The van der Waals surface area contributed by atoms with Gasteiger partial charge in [-0.1, -0.05) is 29.5 Å². The normalized spacial score (nSPS) is 15.7. The number of Topliss-reactive ketones (excluding diaryl/α,β-unsaturated/α-hetero) is 1. The number of aliphatic hydroxyl groups is 1. The Morgan fingerprint density at radius 2 is 1.88 bits per heavy atom. The lowest BCUT2D eigenvalue weighted by molar-refractivity contribution is -0.117. The predicted molar refractivity (Wildman–Crippen MR) is 129 cm³/mol. The molecule has 0 radical (unpaired) electrons. The second-order valence-electron chi connectivity index (χ2n) is 7.28. The minimum Gasteiger partial charge on any atom is -0.503 e. The third-order valence-corrected chi connectivity index (χ3v) is 7.16. The van der Waals surface area contributed by atoms with E-state index in [1.165, 1.54) is 16.2 Å². The fraction of sp³-hybridized carbons (Fsp3) is 0.250. The number of ether oxygens (including phenoxy) is 2. The van der Waals surface area contributed by atoms with Gasteiger partial charge in [0.05, 0.1) is 35.4 Å². The number of carbonyl (C=O) groups excluding carboxylic acids is 3. The fourth-order valence-corrected chi connectivity index (χ4v) is 5.34. The Hall–Kier alpha value is -3.50. The maximum absolute atomic E-state index is 13.4. The Kier molecular flexibility index (Phi) is 6.80. The van der Waals surface area contributed by atoms with E-state index in [2.05, 4.69) is 4.98 Å². The molecule has 0 saturated heterocycles. The average Bonchev–Trinajstić information content (AvgIpc) is 3.54. The molecule has 0 spiro atoms. The molecule has 3 aromatic rings. The van der Waals surface area contributed by atoms with Crippen molar-refractivity contribution in [3.8, 4) is 5.75 Å². The number of hydrogen-bond acceptors (Lipinski definition) is 9. The van der Waals surface area contributed by atoms with Crippen LogP contribution >= 0.6 is 22.7 Å². The Labute approximate surface area is 204 Å². The van der Waals surface area contributed by atoms with Crippen LogP contribution in [-0.4, -0.2) is 41.0 Å². The van der Waals surface area contributed by atoms with Crippen LogP contribution in [0, 0.1) is 6.92 Å². The van der Waals surface area contributed by atoms with Gasteiger partial charge in [-0.2, -0.15) is 0 Å². The number of aliphatic hydroxyl groups excluding tert-OH is 1. The van der Waals surface area contributed by atoms with Crippen molar-refractivity contribution in [2.75, 3.05) is 18.1 Å². The number of aryl methyl sites for hydroxylation is 1. The van der Waals surface area contributed by atoms with Crippen molar-refractivity contribution < 1.29 is 29.0 Å². The molecule has 3 heterocycles. The summed E-state index contributed by atoms with van der Waals surface area (Å²) < 4.78 is 10.6. The largest absolute Gasteiger partial charge is 0.503 e. The number of thiazole rings is 1. The summed E-state index contributed by atoms with van der Waals surface area (Å²) in [6.07, 6.45) is 0. The molecule has 0 unspecified atom stereocenters. The van der Waals surface area contributed by atoms with Gasteiger partial charge in [0.1, 0.15) is 10.6 Å². The van der Waals surface area contributed by atoms with Crippen LogP contribution < -0.4 is 9.64 Å². The van der Waals surface area contributed by atoms with Crippen molar-refractivity contribution in [2.45, 2.75) is 26.8 Å². The number of esters is 1. The molecule has 34 heavy (non-hydrogen) atoms. The number of thiophene rings is 1. The van der Waals surface area contributed by atoms with Crippen LogP contribution in [0.25, 0.3) is 0 Å². The quantitative estimate of drug-likeness (QED) is 0.349. The first-order chi connectivity index (χ1) is 16.4. The number of nitrogens with zero attached hydrogens (tertiary/aromatic N) is 2. The maximum Gasteiger partial charge on any atom is 0.350 e. The zero-order valence-corrected chi connectivity index (χ0v) is 20.4. The van der Waals surface area contributed by atoms with Gasteiger partial charge in [0.15, 0.2) is 10.9 Å². The molecule has 4 rings (SSSR count). The van der Waals surface area contributed by atoms with E-state index in [1.807, 2.05) is 6.92 Å². The number of benzene rings is 1. The van der Waals surface area contributed by atoms with E-state index in [0.717, 1.165) is 11.3 Å². The van der Waals surface area contributed by atoms with Crippen LogP contribution in [0.3, 0.4) is 0 Å².